The van der Waals surface area contributed by atoms with Crippen LogP contribution < -0.4 is 10.2 Å². The molecule has 1 aromatic rings. The molecule has 0 amide bonds. The van der Waals surface area contributed by atoms with Crippen molar-refractivity contribution >= 4 is 5.69 Å². The summed E-state index contributed by atoms with van der Waals surface area (Å²) in [6, 6.07) is 4.83. The predicted molar refractivity (Wildman–Crippen MR) is 81.6 cm³/mol. The van der Waals surface area contributed by atoms with E-state index in [0.717, 1.165) is 13.0 Å². The van der Waals surface area contributed by atoms with Crippen molar-refractivity contribution < 1.29 is 0 Å². The zero-order valence-electron chi connectivity index (χ0n) is 12.4. The van der Waals surface area contributed by atoms with Gasteiger partial charge < -0.3 is 10.2 Å². The van der Waals surface area contributed by atoms with Crippen molar-refractivity contribution in [1.29, 1.82) is 0 Å². The second-order valence-electron chi connectivity index (χ2n) is 5.36. The number of rotatable bonds is 5. The Morgan fingerprint density at radius 2 is 1.89 bits per heavy atom. The van der Waals surface area contributed by atoms with Crippen LogP contribution in [-0.4, -0.2) is 24.6 Å². The maximum absolute atomic E-state index is 4.67. The van der Waals surface area contributed by atoms with Gasteiger partial charge in [-0.05, 0) is 37.9 Å². The molecule has 3 nitrogen and oxygen atoms in total. The van der Waals surface area contributed by atoms with Gasteiger partial charge in [0.25, 0.3) is 0 Å². The van der Waals surface area contributed by atoms with Gasteiger partial charge in [-0.1, -0.05) is 26.7 Å². The molecule has 1 unspecified atom stereocenters. The summed E-state index contributed by atoms with van der Waals surface area (Å²) < 4.78 is 0. The average molecular weight is 261 g/mol. The lowest BCUT2D eigenvalue weighted by Gasteiger charge is -2.23. The third-order valence-electron chi connectivity index (χ3n) is 3.96. The Morgan fingerprint density at radius 1 is 1.16 bits per heavy atom. The van der Waals surface area contributed by atoms with Gasteiger partial charge in [-0.2, -0.15) is 0 Å². The standard InChI is InChI=1S/C16H27N3/c1-3-15(17-4-2)16-10-9-14(13-18-16)19-11-7-5-6-8-12-19/h9-10,13,15,17H,3-8,11-12H2,1-2H3. The van der Waals surface area contributed by atoms with E-state index >= 15 is 0 Å². The predicted octanol–water partition coefficient (Wildman–Crippen LogP) is 3.52. The molecule has 0 saturated carbocycles. The molecule has 0 bridgehead atoms. The number of anilines is 1. The van der Waals surface area contributed by atoms with Crippen LogP contribution in [0, 0.1) is 0 Å². The minimum Gasteiger partial charge on any atom is -0.370 e. The first-order valence-electron chi connectivity index (χ1n) is 7.79. The van der Waals surface area contributed by atoms with E-state index in [-0.39, 0.29) is 0 Å². The van der Waals surface area contributed by atoms with Crippen molar-refractivity contribution in [2.24, 2.45) is 0 Å². The highest BCUT2D eigenvalue weighted by molar-refractivity contribution is 5.44. The van der Waals surface area contributed by atoms with E-state index in [2.05, 4.69) is 47.4 Å². The molecular weight excluding hydrogens is 234 g/mol. The topological polar surface area (TPSA) is 28.2 Å². The van der Waals surface area contributed by atoms with Crippen LogP contribution in [0.1, 0.15) is 57.7 Å². The molecule has 0 spiro atoms. The third-order valence-corrected chi connectivity index (χ3v) is 3.96. The number of pyridine rings is 1. The summed E-state index contributed by atoms with van der Waals surface area (Å²) in [5.41, 5.74) is 2.46. The maximum atomic E-state index is 4.67. The smallest absolute Gasteiger partial charge is 0.0574 e. The van der Waals surface area contributed by atoms with Gasteiger partial charge >= 0.3 is 0 Å². The average Bonchev–Trinajstić information content (AvgIpc) is 2.74. The van der Waals surface area contributed by atoms with E-state index in [1.807, 2.05) is 0 Å². The molecule has 2 rings (SSSR count). The molecule has 1 fully saturated rings. The van der Waals surface area contributed by atoms with Crippen LogP contribution in [0.4, 0.5) is 5.69 Å². The fraction of sp³-hybridized carbons (Fsp3) is 0.688. The highest BCUT2D eigenvalue weighted by atomic mass is 15.1. The quantitative estimate of drug-likeness (QED) is 0.879. The second kappa shape index (κ2) is 7.49. The third kappa shape index (κ3) is 3.93. The first-order valence-corrected chi connectivity index (χ1v) is 7.79. The van der Waals surface area contributed by atoms with Gasteiger partial charge in [0.15, 0.2) is 0 Å². The molecule has 3 heteroatoms. The van der Waals surface area contributed by atoms with E-state index in [4.69, 9.17) is 0 Å². The summed E-state index contributed by atoms with van der Waals surface area (Å²) in [7, 11) is 0. The highest BCUT2D eigenvalue weighted by Gasteiger charge is 2.12. The van der Waals surface area contributed by atoms with Crippen molar-refractivity contribution in [2.45, 2.75) is 52.0 Å². The summed E-state index contributed by atoms with van der Waals surface area (Å²) in [5.74, 6) is 0. The van der Waals surface area contributed by atoms with E-state index in [1.165, 1.54) is 50.2 Å². The zero-order chi connectivity index (χ0) is 13.5. The van der Waals surface area contributed by atoms with Crippen molar-refractivity contribution in [3.8, 4) is 0 Å². The largest absolute Gasteiger partial charge is 0.370 e. The van der Waals surface area contributed by atoms with Gasteiger partial charge in [0, 0.05) is 19.1 Å². The van der Waals surface area contributed by atoms with E-state index < -0.39 is 0 Å². The number of hydrogen-bond acceptors (Lipinski definition) is 3. The summed E-state index contributed by atoms with van der Waals surface area (Å²) in [4.78, 5) is 7.15. The monoisotopic (exact) mass is 261 g/mol. The van der Waals surface area contributed by atoms with E-state index in [9.17, 15) is 0 Å². The number of nitrogens with zero attached hydrogens (tertiary/aromatic N) is 2. The molecule has 106 valence electrons. The Morgan fingerprint density at radius 3 is 2.42 bits per heavy atom. The van der Waals surface area contributed by atoms with Crippen LogP contribution in [0.3, 0.4) is 0 Å². The first-order chi connectivity index (χ1) is 9.35. The SMILES string of the molecule is CCNC(CC)c1ccc(N2CCCCCC2)cn1. The van der Waals surface area contributed by atoms with Crippen LogP contribution in [0.5, 0.6) is 0 Å². The lowest BCUT2D eigenvalue weighted by Crippen LogP contribution is -2.25. The van der Waals surface area contributed by atoms with Crippen molar-refractivity contribution in [1.82, 2.24) is 10.3 Å². The van der Waals surface area contributed by atoms with Crippen LogP contribution >= 0.6 is 0 Å². The van der Waals surface area contributed by atoms with Gasteiger partial charge in [-0.3, -0.25) is 4.98 Å². The fourth-order valence-corrected chi connectivity index (χ4v) is 2.82. The molecule has 1 aromatic heterocycles. The molecule has 1 atom stereocenters. The van der Waals surface area contributed by atoms with Gasteiger partial charge in [-0.25, -0.2) is 0 Å². The molecule has 19 heavy (non-hydrogen) atoms. The summed E-state index contributed by atoms with van der Waals surface area (Å²) >= 11 is 0. The highest BCUT2D eigenvalue weighted by Crippen LogP contribution is 2.21. The molecule has 1 aliphatic heterocycles. The molecule has 0 aromatic carbocycles. The molecule has 0 aliphatic carbocycles. The Hall–Kier alpha value is -1.09. The molecule has 0 radical (unpaired) electrons. The van der Waals surface area contributed by atoms with Crippen LogP contribution in [0.15, 0.2) is 18.3 Å². The Bertz CT molecular complexity index is 353. The maximum Gasteiger partial charge on any atom is 0.0574 e. The van der Waals surface area contributed by atoms with Crippen LogP contribution in [0.2, 0.25) is 0 Å². The van der Waals surface area contributed by atoms with Gasteiger partial charge in [0.2, 0.25) is 0 Å². The Balaban J connectivity index is 2.04. The molecule has 1 N–H and O–H groups in total. The number of hydrogen-bond donors (Lipinski definition) is 1. The van der Waals surface area contributed by atoms with Crippen molar-refractivity contribution in [2.75, 3.05) is 24.5 Å². The van der Waals surface area contributed by atoms with E-state index in [1.54, 1.807) is 0 Å². The lowest BCUT2D eigenvalue weighted by atomic mass is 10.1. The summed E-state index contributed by atoms with van der Waals surface area (Å²) in [6.45, 7) is 7.72. The van der Waals surface area contributed by atoms with Crippen molar-refractivity contribution in [3.63, 3.8) is 0 Å². The minimum absolute atomic E-state index is 0.392. The molecule has 1 aliphatic rings. The van der Waals surface area contributed by atoms with E-state index in [0.29, 0.717) is 6.04 Å². The summed E-state index contributed by atoms with van der Waals surface area (Å²) in [6.07, 6.45) is 8.53. The van der Waals surface area contributed by atoms with Gasteiger partial charge in [0.05, 0.1) is 17.6 Å². The normalized spacial score (nSPS) is 18.1. The zero-order valence-corrected chi connectivity index (χ0v) is 12.4. The minimum atomic E-state index is 0.392. The fourth-order valence-electron chi connectivity index (χ4n) is 2.82. The first kappa shape index (κ1) is 14.3. The lowest BCUT2D eigenvalue weighted by molar-refractivity contribution is 0.524. The summed E-state index contributed by atoms with van der Waals surface area (Å²) in [5, 5.41) is 3.48. The second-order valence-corrected chi connectivity index (χ2v) is 5.36. The van der Waals surface area contributed by atoms with Crippen molar-refractivity contribution in [3.05, 3.63) is 24.0 Å². The van der Waals surface area contributed by atoms with Gasteiger partial charge in [0.1, 0.15) is 0 Å². The Labute approximate surface area is 117 Å². The Kier molecular flexibility index (Phi) is 5.64. The van der Waals surface area contributed by atoms with Crippen LogP contribution in [0.25, 0.3) is 0 Å². The molecule has 2 heterocycles. The van der Waals surface area contributed by atoms with Crippen LogP contribution in [-0.2, 0) is 0 Å². The molecular formula is C16H27N3. The number of nitrogens with one attached hydrogen (secondary N) is 1. The van der Waals surface area contributed by atoms with Gasteiger partial charge in [-0.15, -0.1) is 0 Å². The number of aromatic nitrogens is 1. The molecule has 1 saturated heterocycles.